The summed E-state index contributed by atoms with van der Waals surface area (Å²) in [5.74, 6) is 0.859. The third-order valence-electron chi connectivity index (χ3n) is 5.72. The molecule has 0 spiro atoms. The van der Waals surface area contributed by atoms with Gasteiger partial charge < -0.3 is 9.80 Å². The van der Waals surface area contributed by atoms with Crippen molar-refractivity contribution in [2.75, 3.05) is 26.2 Å². The van der Waals surface area contributed by atoms with Crippen LogP contribution >= 0.6 is 0 Å². The molecule has 3 nitrogen and oxygen atoms in total. The quantitative estimate of drug-likeness (QED) is 0.708. The van der Waals surface area contributed by atoms with Crippen LogP contribution in [0.25, 0.3) is 5.57 Å². The van der Waals surface area contributed by atoms with Crippen LogP contribution in [0.4, 0.5) is 0 Å². The van der Waals surface area contributed by atoms with E-state index in [0.717, 1.165) is 43.5 Å². The number of benzene rings is 1. The number of allylic oxidation sites excluding steroid dienone is 1. The van der Waals surface area contributed by atoms with Crippen molar-refractivity contribution in [1.29, 1.82) is 0 Å². The van der Waals surface area contributed by atoms with Crippen LogP contribution in [-0.4, -0.2) is 47.9 Å². The van der Waals surface area contributed by atoms with Gasteiger partial charge in [0.2, 0.25) is 5.91 Å². The molecule has 1 aromatic rings. The summed E-state index contributed by atoms with van der Waals surface area (Å²) in [5.41, 5.74) is 3.59. The fourth-order valence-electron chi connectivity index (χ4n) is 4.31. The minimum atomic E-state index is 0.190. The lowest BCUT2D eigenvalue weighted by Gasteiger charge is -2.28. The van der Waals surface area contributed by atoms with Crippen molar-refractivity contribution in [2.45, 2.75) is 58.9 Å². The van der Waals surface area contributed by atoms with Crippen molar-refractivity contribution in [2.24, 2.45) is 5.92 Å². The van der Waals surface area contributed by atoms with Gasteiger partial charge in [-0.25, -0.2) is 0 Å². The van der Waals surface area contributed by atoms with Crippen molar-refractivity contribution in [3.63, 3.8) is 0 Å². The van der Waals surface area contributed by atoms with Gasteiger partial charge in [0, 0.05) is 25.2 Å². The molecule has 0 N–H and O–H groups in total. The van der Waals surface area contributed by atoms with Crippen LogP contribution in [0.5, 0.6) is 0 Å². The molecule has 0 aromatic heterocycles. The summed E-state index contributed by atoms with van der Waals surface area (Å²) in [6.07, 6.45) is 7.87. The van der Waals surface area contributed by atoms with Crippen molar-refractivity contribution in [3.8, 4) is 0 Å². The summed E-state index contributed by atoms with van der Waals surface area (Å²) in [5, 5.41) is 0. The molecule has 0 bridgehead atoms. The van der Waals surface area contributed by atoms with Gasteiger partial charge in [0.25, 0.3) is 0 Å². The zero-order valence-electron chi connectivity index (χ0n) is 16.7. The molecule has 1 aromatic carbocycles. The Morgan fingerprint density at radius 3 is 2.46 bits per heavy atom. The van der Waals surface area contributed by atoms with Crippen LogP contribution in [0.2, 0.25) is 0 Å². The van der Waals surface area contributed by atoms with Crippen molar-refractivity contribution in [3.05, 3.63) is 41.5 Å². The Morgan fingerprint density at radius 1 is 1.12 bits per heavy atom. The second-order valence-electron chi connectivity index (χ2n) is 8.46. The van der Waals surface area contributed by atoms with E-state index in [9.17, 15) is 4.79 Å². The molecule has 0 aliphatic carbocycles. The van der Waals surface area contributed by atoms with Gasteiger partial charge in [0.15, 0.2) is 0 Å². The van der Waals surface area contributed by atoms with E-state index in [4.69, 9.17) is 0 Å². The predicted octanol–water partition coefficient (Wildman–Crippen LogP) is 4.38. The normalized spacial score (nSPS) is 21.8. The Morgan fingerprint density at radius 2 is 1.81 bits per heavy atom. The molecule has 2 aliphatic rings. The molecule has 1 amide bonds. The SMILES string of the molecule is C/C(=C\C(=O)N1CCC[C@H]1CN1CCCC1)c1ccc(CC(C)C)cc1. The predicted molar refractivity (Wildman–Crippen MR) is 109 cm³/mol. The lowest BCUT2D eigenvalue weighted by Crippen LogP contribution is -2.42. The monoisotopic (exact) mass is 354 g/mol. The van der Waals surface area contributed by atoms with E-state index in [1.807, 2.05) is 6.08 Å². The topological polar surface area (TPSA) is 23.6 Å². The smallest absolute Gasteiger partial charge is 0.247 e. The Balaban J connectivity index is 1.62. The second kappa shape index (κ2) is 8.85. The lowest BCUT2D eigenvalue weighted by molar-refractivity contribution is -0.127. The van der Waals surface area contributed by atoms with Crippen LogP contribution in [0.3, 0.4) is 0 Å². The third-order valence-corrected chi connectivity index (χ3v) is 5.72. The highest BCUT2D eigenvalue weighted by atomic mass is 16.2. The first kappa shape index (κ1) is 19.2. The molecule has 0 saturated carbocycles. The summed E-state index contributed by atoms with van der Waals surface area (Å²) in [6, 6.07) is 9.11. The minimum absolute atomic E-state index is 0.190. The summed E-state index contributed by atoms with van der Waals surface area (Å²) in [4.78, 5) is 17.5. The molecule has 3 heteroatoms. The van der Waals surface area contributed by atoms with Crippen molar-refractivity contribution >= 4 is 11.5 Å². The summed E-state index contributed by atoms with van der Waals surface area (Å²) in [7, 11) is 0. The zero-order chi connectivity index (χ0) is 18.5. The summed E-state index contributed by atoms with van der Waals surface area (Å²) in [6.45, 7) is 10.9. The summed E-state index contributed by atoms with van der Waals surface area (Å²) >= 11 is 0. The number of nitrogens with zero attached hydrogens (tertiary/aromatic N) is 2. The van der Waals surface area contributed by atoms with Crippen LogP contribution in [-0.2, 0) is 11.2 Å². The second-order valence-corrected chi connectivity index (χ2v) is 8.46. The van der Waals surface area contributed by atoms with E-state index in [0.29, 0.717) is 12.0 Å². The van der Waals surface area contributed by atoms with E-state index in [1.165, 1.54) is 31.5 Å². The maximum absolute atomic E-state index is 12.9. The minimum Gasteiger partial charge on any atom is -0.335 e. The lowest BCUT2D eigenvalue weighted by atomic mass is 9.99. The van der Waals surface area contributed by atoms with Crippen LogP contribution in [0.1, 0.15) is 57.6 Å². The zero-order valence-corrected chi connectivity index (χ0v) is 16.7. The molecule has 2 aliphatic heterocycles. The molecule has 0 radical (unpaired) electrons. The van der Waals surface area contributed by atoms with Crippen molar-refractivity contribution < 1.29 is 4.79 Å². The molecule has 1 atom stereocenters. The average Bonchev–Trinajstić information content (AvgIpc) is 3.27. The van der Waals surface area contributed by atoms with E-state index < -0.39 is 0 Å². The average molecular weight is 355 g/mol. The maximum Gasteiger partial charge on any atom is 0.247 e. The Hall–Kier alpha value is -1.61. The van der Waals surface area contributed by atoms with Crippen LogP contribution < -0.4 is 0 Å². The van der Waals surface area contributed by atoms with Gasteiger partial charge >= 0.3 is 0 Å². The van der Waals surface area contributed by atoms with Crippen molar-refractivity contribution in [1.82, 2.24) is 9.80 Å². The van der Waals surface area contributed by atoms with Gasteiger partial charge in [-0.2, -0.15) is 0 Å². The van der Waals surface area contributed by atoms with Crippen LogP contribution in [0, 0.1) is 5.92 Å². The number of amides is 1. The molecule has 2 fully saturated rings. The standard InChI is InChI=1S/C23H34N2O/c1-18(2)15-20-8-10-21(11-9-20)19(3)16-23(26)25-14-6-7-22(25)17-24-12-4-5-13-24/h8-11,16,18,22H,4-7,12-15,17H2,1-3H3/b19-16+/t22-/m0/s1. The first-order valence-electron chi connectivity index (χ1n) is 10.3. The van der Waals surface area contributed by atoms with Gasteiger partial charge in [-0.05, 0) is 74.7 Å². The first-order valence-corrected chi connectivity index (χ1v) is 10.3. The Bertz CT molecular complexity index is 626. The fourth-order valence-corrected chi connectivity index (χ4v) is 4.31. The molecule has 142 valence electrons. The van der Waals surface area contributed by atoms with Gasteiger partial charge in [-0.1, -0.05) is 38.1 Å². The van der Waals surface area contributed by atoms with Gasteiger partial charge in [0.1, 0.15) is 0 Å². The number of rotatable bonds is 6. The molecule has 3 rings (SSSR count). The van der Waals surface area contributed by atoms with Crippen LogP contribution in [0.15, 0.2) is 30.3 Å². The third kappa shape index (κ3) is 4.97. The molecule has 26 heavy (non-hydrogen) atoms. The highest BCUT2D eigenvalue weighted by Crippen LogP contribution is 2.22. The molecular weight excluding hydrogens is 320 g/mol. The molecule has 2 heterocycles. The van der Waals surface area contributed by atoms with E-state index in [2.05, 4.69) is 54.8 Å². The van der Waals surface area contributed by atoms with Gasteiger partial charge in [0.05, 0.1) is 0 Å². The number of carbonyl (C=O) groups excluding carboxylic acids is 1. The molecular formula is C23H34N2O. The Labute approximate surface area is 159 Å². The maximum atomic E-state index is 12.9. The fraction of sp³-hybridized carbons (Fsp3) is 0.609. The van der Waals surface area contributed by atoms with Gasteiger partial charge in [-0.3, -0.25) is 4.79 Å². The molecule has 2 saturated heterocycles. The largest absolute Gasteiger partial charge is 0.335 e. The first-order chi connectivity index (χ1) is 12.5. The highest BCUT2D eigenvalue weighted by molar-refractivity contribution is 5.95. The number of carbonyl (C=O) groups is 1. The van der Waals surface area contributed by atoms with E-state index in [-0.39, 0.29) is 5.91 Å². The number of hydrogen-bond donors (Lipinski definition) is 0. The van der Waals surface area contributed by atoms with E-state index in [1.54, 1.807) is 0 Å². The van der Waals surface area contributed by atoms with E-state index >= 15 is 0 Å². The summed E-state index contributed by atoms with van der Waals surface area (Å²) < 4.78 is 0. The highest BCUT2D eigenvalue weighted by Gasteiger charge is 2.29. The van der Waals surface area contributed by atoms with Gasteiger partial charge in [-0.15, -0.1) is 0 Å². The Kier molecular flexibility index (Phi) is 6.53. The molecule has 0 unspecified atom stereocenters. The number of likely N-dealkylation sites (tertiary alicyclic amines) is 2. The number of hydrogen-bond acceptors (Lipinski definition) is 2.